The number of anilines is 1. The summed E-state index contributed by atoms with van der Waals surface area (Å²) >= 11 is 1.73. The third kappa shape index (κ3) is 3.17. The van der Waals surface area contributed by atoms with Gasteiger partial charge in [-0.15, -0.1) is 11.3 Å². The summed E-state index contributed by atoms with van der Waals surface area (Å²) in [7, 11) is 1.72. The van der Waals surface area contributed by atoms with Crippen molar-refractivity contribution >= 4 is 22.2 Å². The maximum atomic E-state index is 13.0. The SMILES string of the molecule is COCC[NH+]1Cc2c(sc(C)c2C)N(C(=O)c2ccccc2)C1. The number of aryl methyl sites for hydroxylation is 1. The lowest BCUT2D eigenvalue weighted by Crippen LogP contribution is -3.14. The van der Waals surface area contributed by atoms with Gasteiger partial charge in [-0.05, 0) is 31.5 Å². The topological polar surface area (TPSA) is 34.0 Å². The molecule has 1 amide bonds. The molecular formula is C18H23N2O2S+. The van der Waals surface area contributed by atoms with Crippen molar-refractivity contribution in [2.24, 2.45) is 0 Å². The summed E-state index contributed by atoms with van der Waals surface area (Å²) in [5.74, 6) is 0.0858. The van der Waals surface area contributed by atoms with Crippen LogP contribution >= 0.6 is 11.3 Å². The molecule has 5 heteroatoms. The zero-order chi connectivity index (χ0) is 16.4. The van der Waals surface area contributed by atoms with E-state index in [0.29, 0.717) is 13.3 Å². The highest BCUT2D eigenvalue weighted by Gasteiger charge is 2.33. The first kappa shape index (κ1) is 16.2. The van der Waals surface area contributed by atoms with Crippen LogP contribution in [0.4, 0.5) is 5.00 Å². The zero-order valence-corrected chi connectivity index (χ0v) is 14.7. The first-order valence-electron chi connectivity index (χ1n) is 7.90. The molecule has 1 N–H and O–H groups in total. The molecule has 0 spiro atoms. The Hall–Kier alpha value is -1.69. The number of hydrogen-bond donors (Lipinski definition) is 1. The predicted octanol–water partition coefficient (Wildman–Crippen LogP) is 2.01. The molecule has 1 aromatic carbocycles. The number of benzene rings is 1. The van der Waals surface area contributed by atoms with Crippen LogP contribution in [0, 0.1) is 13.8 Å². The van der Waals surface area contributed by atoms with Gasteiger partial charge in [0.05, 0.1) is 6.61 Å². The number of methoxy groups -OCH3 is 1. The van der Waals surface area contributed by atoms with E-state index in [0.717, 1.165) is 23.7 Å². The van der Waals surface area contributed by atoms with Gasteiger partial charge in [-0.1, -0.05) is 18.2 Å². The van der Waals surface area contributed by atoms with Crippen molar-refractivity contribution in [3.63, 3.8) is 0 Å². The Labute approximate surface area is 141 Å². The molecule has 2 heterocycles. The van der Waals surface area contributed by atoms with Gasteiger partial charge in [-0.25, -0.2) is 0 Å². The molecule has 0 fully saturated rings. The number of amides is 1. The van der Waals surface area contributed by atoms with Gasteiger partial charge in [0, 0.05) is 23.1 Å². The molecule has 1 unspecified atom stereocenters. The minimum absolute atomic E-state index is 0.0858. The lowest BCUT2D eigenvalue weighted by molar-refractivity contribution is -0.914. The second-order valence-electron chi connectivity index (χ2n) is 5.99. The van der Waals surface area contributed by atoms with Crippen LogP contribution in [0.5, 0.6) is 0 Å². The number of hydrogen-bond acceptors (Lipinski definition) is 3. The Morgan fingerprint density at radius 1 is 1.30 bits per heavy atom. The second-order valence-corrected chi connectivity index (χ2v) is 7.20. The molecule has 0 saturated heterocycles. The summed E-state index contributed by atoms with van der Waals surface area (Å²) in [5.41, 5.74) is 3.38. The van der Waals surface area contributed by atoms with Crippen LogP contribution in [-0.4, -0.2) is 32.8 Å². The fourth-order valence-corrected chi connectivity index (χ4v) is 4.17. The largest absolute Gasteiger partial charge is 0.379 e. The highest BCUT2D eigenvalue weighted by Crippen LogP contribution is 2.36. The van der Waals surface area contributed by atoms with Crippen molar-refractivity contribution < 1.29 is 14.4 Å². The summed E-state index contributed by atoms with van der Waals surface area (Å²) in [6, 6.07) is 9.54. The zero-order valence-electron chi connectivity index (χ0n) is 13.9. The molecule has 1 aliphatic rings. The van der Waals surface area contributed by atoms with Crippen LogP contribution in [0.25, 0.3) is 0 Å². The maximum absolute atomic E-state index is 13.0. The smallest absolute Gasteiger partial charge is 0.263 e. The predicted molar refractivity (Wildman–Crippen MR) is 93.3 cm³/mol. The number of carbonyl (C=O) groups is 1. The van der Waals surface area contributed by atoms with E-state index in [1.807, 2.05) is 35.2 Å². The number of ether oxygens (including phenoxy) is 1. The highest BCUT2D eigenvalue weighted by molar-refractivity contribution is 7.16. The molecule has 122 valence electrons. The van der Waals surface area contributed by atoms with E-state index in [1.165, 1.54) is 20.9 Å². The number of quaternary nitrogens is 1. The third-order valence-corrected chi connectivity index (χ3v) is 5.74. The second kappa shape index (κ2) is 6.83. The summed E-state index contributed by atoms with van der Waals surface area (Å²) in [4.78, 5) is 17.6. The third-order valence-electron chi connectivity index (χ3n) is 4.47. The fraction of sp³-hybridized carbons (Fsp3) is 0.389. The number of thiophene rings is 1. The minimum atomic E-state index is 0.0858. The minimum Gasteiger partial charge on any atom is -0.379 e. The average Bonchev–Trinajstić information content (AvgIpc) is 2.87. The fourth-order valence-electron chi connectivity index (χ4n) is 3.00. The molecule has 0 radical (unpaired) electrons. The van der Waals surface area contributed by atoms with Crippen molar-refractivity contribution in [1.82, 2.24) is 0 Å². The van der Waals surface area contributed by atoms with Gasteiger partial charge in [0.15, 0.2) is 6.67 Å². The van der Waals surface area contributed by atoms with Crippen molar-refractivity contribution in [3.8, 4) is 0 Å². The van der Waals surface area contributed by atoms with Crippen molar-refractivity contribution in [2.45, 2.75) is 20.4 Å². The quantitative estimate of drug-likeness (QED) is 0.930. The van der Waals surface area contributed by atoms with Crippen LogP contribution in [0.2, 0.25) is 0 Å². The molecular weight excluding hydrogens is 308 g/mol. The molecule has 0 saturated carbocycles. The number of carbonyl (C=O) groups excluding carboxylic acids is 1. The van der Waals surface area contributed by atoms with Gasteiger partial charge < -0.3 is 9.64 Å². The van der Waals surface area contributed by atoms with E-state index >= 15 is 0 Å². The highest BCUT2D eigenvalue weighted by atomic mass is 32.1. The number of nitrogens with one attached hydrogen (secondary N) is 1. The van der Waals surface area contributed by atoms with E-state index in [-0.39, 0.29) is 5.91 Å². The molecule has 4 nitrogen and oxygen atoms in total. The molecule has 3 rings (SSSR count). The molecule has 0 bridgehead atoms. The summed E-state index contributed by atoms with van der Waals surface area (Å²) in [5, 5.41) is 1.12. The van der Waals surface area contributed by atoms with Gasteiger partial charge in [-0.3, -0.25) is 9.69 Å². The Morgan fingerprint density at radius 3 is 2.74 bits per heavy atom. The molecule has 23 heavy (non-hydrogen) atoms. The van der Waals surface area contributed by atoms with Crippen molar-refractivity contribution in [3.05, 3.63) is 51.9 Å². The first-order valence-corrected chi connectivity index (χ1v) is 8.71. The summed E-state index contributed by atoms with van der Waals surface area (Å²) in [6.45, 7) is 7.58. The standard InChI is InChI=1S/C18H22N2O2S/c1-13-14(2)23-18-16(13)11-19(9-10-22-3)12-20(18)17(21)15-7-5-4-6-8-15/h4-8H,9-12H2,1-3H3/p+1. The van der Waals surface area contributed by atoms with E-state index in [1.54, 1.807) is 18.4 Å². The van der Waals surface area contributed by atoms with Gasteiger partial charge in [0.2, 0.25) is 0 Å². The lowest BCUT2D eigenvalue weighted by Gasteiger charge is -2.32. The van der Waals surface area contributed by atoms with Crippen LogP contribution in [0.15, 0.2) is 30.3 Å². The lowest BCUT2D eigenvalue weighted by atomic mass is 10.1. The molecule has 1 atom stereocenters. The van der Waals surface area contributed by atoms with Gasteiger partial charge in [-0.2, -0.15) is 0 Å². The van der Waals surface area contributed by atoms with Gasteiger partial charge >= 0.3 is 0 Å². The normalized spacial score (nSPS) is 17.2. The maximum Gasteiger partial charge on any atom is 0.263 e. The molecule has 1 aliphatic heterocycles. The number of rotatable bonds is 4. The molecule has 0 aliphatic carbocycles. The monoisotopic (exact) mass is 331 g/mol. The van der Waals surface area contributed by atoms with Crippen molar-refractivity contribution in [1.29, 1.82) is 0 Å². The van der Waals surface area contributed by atoms with Crippen molar-refractivity contribution in [2.75, 3.05) is 31.8 Å². The van der Waals surface area contributed by atoms with E-state index in [4.69, 9.17) is 4.74 Å². The summed E-state index contributed by atoms with van der Waals surface area (Å²) in [6.07, 6.45) is 0. The van der Waals surface area contributed by atoms with Gasteiger partial charge in [0.1, 0.15) is 18.1 Å². The average molecular weight is 331 g/mol. The van der Waals surface area contributed by atoms with Crippen LogP contribution < -0.4 is 9.80 Å². The Morgan fingerprint density at radius 2 is 2.04 bits per heavy atom. The summed E-state index contributed by atoms with van der Waals surface area (Å²) < 4.78 is 5.23. The van der Waals surface area contributed by atoms with E-state index in [2.05, 4.69) is 13.8 Å². The number of nitrogens with zero attached hydrogens (tertiary/aromatic N) is 1. The van der Waals surface area contributed by atoms with E-state index in [9.17, 15) is 4.79 Å². The van der Waals surface area contributed by atoms with Gasteiger partial charge in [0.25, 0.3) is 5.91 Å². The van der Waals surface area contributed by atoms with E-state index < -0.39 is 0 Å². The van der Waals surface area contributed by atoms with Crippen LogP contribution in [0.1, 0.15) is 26.4 Å². The molecule has 1 aromatic heterocycles. The Balaban J connectivity index is 1.95. The van der Waals surface area contributed by atoms with Crippen LogP contribution in [0.3, 0.4) is 0 Å². The molecule has 2 aromatic rings. The Kier molecular flexibility index (Phi) is 4.80. The Bertz CT molecular complexity index is 697. The number of fused-ring (bicyclic) bond motifs is 1. The first-order chi connectivity index (χ1) is 11.1. The van der Waals surface area contributed by atoms with Crippen LogP contribution in [-0.2, 0) is 11.3 Å².